The SMILES string of the molecule is Cc1nn(-c2ccccc2Cl)c2sc(C(=O)NCC3(N4CCOCC4)CCSC3)cc12. The van der Waals surface area contributed by atoms with Crippen molar-refractivity contribution in [2.24, 2.45) is 0 Å². The smallest absolute Gasteiger partial charge is 0.261 e. The summed E-state index contributed by atoms with van der Waals surface area (Å²) in [5, 5.41) is 9.52. The molecule has 1 unspecified atom stereocenters. The predicted molar refractivity (Wildman–Crippen MR) is 128 cm³/mol. The van der Waals surface area contributed by atoms with E-state index in [9.17, 15) is 4.79 Å². The molecule has 5 rings (SSSR count). The molecular formula is C22H25ClN4O2S2. The van der Waals surface area contributed by atoms with E-state index in [0.29, 0.717) is 16.4 Å². The van der Waals surface area contributed by atoms with Crippen LogP contribution in [0.25, 0.3) is 15.9 Å². The summed E-state index contributed by atoms with van der Waals surface area (Å²) in [7, 11) is 0. The zero-order valence-electron chi connectivity index (χ0n) is 17.4. The van der Waals surface area contributed by atoms with Crippen molar-refractivity contribution in [3.8, 4) is 5.69 Å². The average Bonchev–Trinajstić information content (AvgIpc) is 3.51. The lowest BCUT2D eigenvalue weighted by Crippen LogP contribution is -2.59. The molecule has 1 atom stereocenters. The van der Waals surface area contributed by atoms with E-state index < -0.39 is 0 Å². The number of thioether (sulfide) groups is 1. The molecule has 2 fully saturated rings. The Morgan fingerprint density at radius 1 is 1.32 bits per heavy atom. The number of hydrogen-bond donors (Lipinski definition) is 1. The first-order valence-corrected chi connectivity index (χ1v) is 12.9. The highest BCUT2D eigenvalue weighted by Crippen LogP contribution is 2.35. The Labute approximate surface area is 194 Å². The molecule has 4 heterocycles. The van der Waals surface area contributed by atoms with Crippen molar-refractivity contribution in [2.75, 3.05) is 44.4 Å². The van der Waals surface area contributed by atoms with Gasteiger partial charge >= 0.3 is 0 Å². The molecule has 0 bridgehead atoms. The standard InChI is InChI=1S/C22H25ClN4O2S2/c1-15-16-12-19(31-21(16)27(25-15)18-5-3-2-4-17(18)23)20(28)24-13-22(6-11-30-14-22)26-7-9-29-10-8-26/h2-5,12H,6-11,13-14H2,1H3,(H,24,28). The molecule has 2 aliphatic rings. The highest BCUT2D eigenvalue weighted by molar-refractivity contribution is 7.99. The number of nitrogens with one attached hydrogen (secondary N) is 1. The van der Waals surface area contributed by atoms with Crippen molar-refractivity contribution in [1.82, 2.24) is 20.0 Å². The number of ether oxygens (including phenoxy) is 1. The number of rotatable bonds is 5. The van der Waals surface area contributed by atoms with Gasteiger partial charge in [0.05, 0.1) is 34.5 Å². The van der Waals surface area contributed by atoms with Gasteiger partial charge in [0.25, 0.3) is 5.91 Å². The van der Waals surface area contributed by atoms with E-state index in [1.54, 1.807) is 0 Å². The van der Waals surface area contributed by atoms with E-state index in [2.05, 4.69) is 15.3 Å². The topological polar surface area (TPSA) is 59.4 Å². The van der Waals surface area contributed by atoms with E-state index in [1.807, 2.05) is 53.7 Å². The maximum absolute atomic E-state index is 13.1. The van der Waals surface area contributed by atoms with Crippen LogP contribution in [0.1, 0.15) is 21.8 Å². The fraction of sp³-hybridized carbons (Fsp3) is 0.455. The molecule has 0 radical (unpaired) electrons. The predicted octanol–water partition coefficient (Wildman–Crippen LogP) is 3.99. The number of fused-ring (bicyclic) bond motifs is 1. The van der Waals surface area contributed by atoms with E-state index in [4.69, 9.17) is 16.3 Å². The summed E-state index contributed by atoms with van der Waals surface area (Å²) in [5.74, 6) is 2.18. The Kier molecular flexibility index (Phi) is 6.00. The lowest BCUT2D eigenvalue weighted by Gasteiger charge is -2.43. The molecule has 31 heavy (non-hydrogen) atoms. The number of morpholine rings is 1. The number of benzene rings is 1. The molecule has 3 aromatic rings. The second-order valence-corrected chi connectivity index (χ2v) is 10.6. The van der Waals surface area contributed by atoms with Crippen molar-refractivity contribution in [3.05, 3.63) is 45.9 Å². The molecule has 1 aromatic carbocycles. The van der Waals surface area contributed by atoms with Crippen molar-refractivity contribution in [1.29, 1.82) is 0 Å². The quantitative estimate of drug-likeness (QED) is 0.603. The molecule has 1 N–H and O–H groups in total. The zero-order valence-corrected chi connectivity index (χ0v) is 19.8. The van der Waals surface area contributed by atoms with Crippen molar-refractivity contribution in [3.63, 3.8) is 0 Å². The number of thiophene rings is 1. The number of aromatic nitrogens is 2. The van der Waals surface area contributed by atoms with E-state index >= 15 is 0 Å². The van der Waals surface area contributed by atoms with Crippen molar-refractivity contribution >= 4 is 50.8 Å². The summed E-state index contributed by atoms with van der Waals surface area (Å²) in [4.78, 5) is 17.3. The Morgan fingerprint density at radius 3 is 2.87 bits per heavy atom. The Hall–Kier alpha value is -1.58. The molecule has 9 heteroatoms. The van der Waals surface area contributed by atoms with Gasteiger partial charge in [0, 0.05) is 36.3 Å². The summed E-state index contributed by atoms with van der Waals surface area (Å²) >= 11 is 9.84. The summed E-state index contributed by atoms with van der Waals surface area (Å²) in [5.41, 5.74) is 1.75. The molecule has 2 saturated heterocycles. The highest BCUT2D eigenvalue weighted by atomic mass is 35.5. The number of hydrogen-bond acceptors (Lipinski definition) is 6. The van der Waals surface area contributed by atoms with E-state index in [0.717, 1.165) is 65.8 Å². The highest BCUT2D eigenvalue weighted by Gasteiger charge is 2.41. The minimum Gasteiger partial charge on any atom is -0.379 e. The van der Waals surface area contributed by atoms with E-state index in [1.165, 1.54) is 11.3 Å². The summed E-state index contributed by atoms with van der Waals surface area (Å²) in [6.45, 7) is 6.05. The van der Waals surface area contributed by atoms with Crippen LogP contribution in [-0.2, 0) is 4.74 Å². The first-order valence-electron chi connectivity index (χ1n) is 10.5. The monoisotopic (exact) mass is 476 g/mol. The van der Waals surface area contributed by atoms with Crippen LogP contribution in [0.4, 0.5) is 0 Å². The van der Waals surface area contributed by atoms with Crippen LogP contribution in [0.3, 0.4) is 0 Å². The average molecular weight is 477 g/mol. The Balaban J connectivity index is 1.38. The number of halogens is 1. The zero-order chi connectivity index (χ0) is 21.4. The third-order valence-corrected chi connectivity index (χ3v) is 8.85. The van der Waals surface area contributed by atoms with Gasteiger partial charge in [-0.3, -0.25) is 9.69 Å². The lowest BCUT2D eigenvalue weighted by molar-refractivity contribution is -0.0129. The molecular weight excluding hydrogens is 452 g/mol. The largest absolute Gasteiger partial charge is 0.379 e. The first kappa shape index (κ1) is 21.3. The van der Waals surface area contributed by atoms with Crippen LogP contribution >= 0.6 is 34.7 Å². The normalized spacial score (nSPS) is 22.3. The van der Waals surface area contributed by atoms with Gasteiger partial charge in [-0.25, -0.2) is 4.68 Å². The number of para-hydroxylation sites is 1. The summed E-state index contributed by atoms with van der Waals surface area (Å²) < 4.78 is 7.38. The van der Waals surface area contributed by atoms with Gasteiger partial charge < -0.3 is 10.1 Å². The summed E-state index contributed by atoms with van der Waals surface area (Å²) in [6.07, 6.45) is 1.10. The molecule has 164 valence electrons. The summed E-state index contributed by atoms with van der Waals surface area (Å²) in [6, 6.07) is 9.59. The number of carbonyl (C=O) groups is 1. The van der Waals surface area contributed by atoms with Gasteiger partial charge in [0.15, 0.2) is 0 Å². The number of aryl methyl sites for hydroxylation is 1. The molecule has 2 aliphatic heterocycles. The van der Waals surface area contributed by atoms with Crippen LogP contribution < -0.4 is 5.32 Å². The first-order chi connectivity index (χ1) is 15.1. The van der Waals surface area contributed by atoms with Crippen LogP contribution in [0, 0.1) is 6.92 Å². The third kappa shape index (κ3) is 4.00. The van der Waals surface area contributed by atoms with Gasteiger partial charge in [0.2, 0.25) is 0 Å². The van der Waals surface area contributed by atoms with Crippen LogP contribution in [0.2, 0.25) is 5.02 Å². The Morgan fingerprint density at radius 2 is 2.13 bits per heavy atom. The fourth-order valence-corrected chi connectivity index (χ4v) is 7.20. The second-order valence-electron chi connectivity index (χ2n) is 8.09. The van der Waals surface area contributed by atoms with Crippen LogP contribution in [0.15, 0.2) is 30.3 Å². The molecule has 0 aliphatic carbocycles. The number of amides is 1. The second kappa shape index (κ2) is 8.75. The molecule has 1 amide bonds. The minimum atomic E-state index is -0.0177. The molecule has 0 saturated carbocycles. The van der Waals surface area contributed by atoms with Crippen LogP contribution in [0.5, 0.6) is 0 Å². The van der Waals surface area contributed by atoms with Gasteiger partial charge in [-0.1, -0.05) is 23.7 Å². The molecule has 6 nitrogen and oxygen atoms in total. The lowest BCUT2D eigenvalue weighted by atomic mass is 9.95. The third-order valence-electron chi connectivity index (χ3n) is 6.19. The number of nitrogens with zero attached hydrogens (tertiary/aromatic N) is 3. The van der Waals surface area contributed by atoms with Crippen molar-refractivity contribution < 1.29 is 9.53 Å². The minimum absolute atomic E-state index is 0.0177. The van der Waals surface area contributed by atoms with Crippen molar-refractivity contribution in [2.45, 2.75) is 18.9 Å². The van der Waals surface area contributed by atoms with Gasteiger partial charge in [0.1, 0.15) is 4.83 Å². The maximum Gasteiger partial charge on any atom is 0.261 e. The maximum atomic E-state index is 13.1. The van der Waals surface area contributed by atoms with Gasteiger partial charge in [-0.2, -0.15) is 16.9 Å². The van der Waals surface area contributed by atoms with E-state index in [-0.39, 0.29) is 11.4 Å². The van der Waals surface area contributed by atoms with Crippen LogP contribution in [-0.4, -0.2) is 70.5 Å². The Bertz CT molecular complexity index is 1100. The fourth-order valence-electron chi connectivity index (χ4n) is 4.41. The van der Waals surface area contributed by atoms with Gasteiger partial charge in [-0.05, 0) is 37.3 Å². The number of carbonyl (C=O) groups excluding carboxylic acids is 1. The van der Waals surface area contributed by atoms with Gasteiger partial charge in [-0.15, -0.1) is 11.3 Å². The molecule has 2 aromatic heterocycles. The molecule has 0 spiro atoms.